The molecular weight excluding hydrogens is 336 g/mol. The van der Waals surface area contributed by atoms with E-state index in [1.54, 1.807) is 0 Å². The molecule has 0 amide bonds. The van der Waals surface area contributed by atoms with Gasteiger partial charge in [0.15, 0.2) is 4.67 Å². The third kappa shape index (κ3) is 3.12. The molecule has 0 fully saturated rings. The molecule has 0 saturated carbocycles. The minimum atomic E-state index is -0.225. The average Bonchev–Trinajstić information content (AvgIpc) is 2.91. The summed E-state index contributed by atoms with van der Waals surface area (Å²) in [7, 11) is 0. The number of benzene rings is 1. The first-order chi connectivity index (χ1) is 9.60. The van der Waals surface area contributed by atoms with Crippen molar-refractivity contribution >= 4 is 27.5 Å². The normalized spacial score (nSPS) is 12.7. The molecule has 0 saturated heterocycles. The summed E-state index contributed by atoms with van der Waals surface area (Å²) in [6.07, 6.45) is 3.03. The van der Waals surface area contributed by atoms with Crippen LogP contribution in [0, 0.1) is 0 Å². The second-order valence-corrected chi connectivity index (χ2v) is 6.11. The minimum Gasteiger partial charge on any atom is -0.452 e. The summed E-state index contributed by atoms with van der Waals surface area (Å²) in [5.41, 5.74) is 5.25. The van der Waals surface area contributed by atoms with Crippen LogP contribution in [0.25, 0.3) is 0 Å². The lowest BCUT2D eigenvalue weighted by Crippen LogP contribution is -2.04. The first-order valence-electron chi connectivity index (χ1n) is 7.14. The Hall–Kier alpha value is -0.730. The van der Waals surface area contributed by atoms with E-state index in [2.05, 4.69) is 48.8 Å². The SMILES string of the molecule is CCc1cc(CC)c(C(Cl)c2ccc(Br)o2)c(CC)c1. The lowest BCUT2D eigenvalue weighted by atomic mass is 9.91. The van der Waals surface area contributed by atoms with Crippen LogP contribution in [0.5, 0.6) is 0 Å². The van der Waals surface area contributed by atoms with E-state index in [4.69, 9.17) is 16.0 Å². The van der Waals surface area contributed by atoms with Crippen molar-refractivity contribution in [3.63, 3.8) is 0 Å². The fraction of sp³-hybridized carbons (Fsp3) is 0.412. The summed E-state index contributed by atoms with van der Waals surface area (Å²) < 4.78 is 6.36. The second-order valence-electron chi connectivity index (χ2n) is 4.89. The molecule has 1 nitrogen and oxygen atoms in total. The lowest BCUT2D eigenvalue weighted by molar-refractivity contribution is 0.493. The van der Waals surface area contributed by atoms with E-state index in [1.165, 1.54) is 22.3 Å². The number of hydrogen-bond donors (Lipinski definition) is 0. The van der Waals surface area contributed by atoms with Crippen molar-refractivity contribution in [2.45, 2.75) is 45.4 Å². The topological polar surface area (TPSA) is 13.1 Å². The summed E-state index contributed by atoms with van der Waals surface area (Å²) in [5, 5.41) is -0.225. The highest BCUT2D eigenvalue weighted by Crippen LogP contribution is 2.36. The fourth-order valence-electron chi connectivity index (χ4n) is 2.57. The Balaban J connectivity index is 2.53. The maximum absolute atomic E-state index is 6.69. The largest absolute Gasteiger partial charge is 0.452 e. The van der Waals surface area contributed by atoms with Gasteiger partial charge in [0, 0.05) is 0 Å². The summed E-state index contributed by atoms with van der Waals surface area (Å²) in [6, 6.07) is 8.39. The zero-order valence-corrected chi connectivity index (χ0v) is 14.5. The lowest BCUT2D eigenvalue weighted by Gasteiger charge is -2.18. The molecule has 0 bridgehead atoms. The van der Waals surface area contributed by atoms with Gasteiger partial charge in [-0.1, -0.05) is 32.9 Å². The Morgan fingerprint density at radius 3 is 2.05 bits per heavy atom. The number of halogens is 2. The third-order valence-corrected chi connectivity index (χ3v) is 4.54. The first kappa shape index (κ1) is 15.7. The Kier molecular flexibility index (Phi) is 5.34. The summed E-state index contributed by atoms with van der Waals surface area (Å²) >= 11 is 10.0. The molecular formula is C17H20BrClO. The van der Waals surface area contributed by atoms with Crippen LogP contribution in [0.2, 0.25) is 0 Å². The van der Waals surface area contributed by atoms with Crippen LogP contribution in [-0.2, 0) is 19.3 Å². The van der Waals surface area contributed by atoms with Gasteiger partial charge in [-0.15, -0.1) is 11.6 Å². The summed E-state index contributed by atoms with van der Waals surface area (Å²) in [6.45, 7) is 6.55. The molecule has 0 radical (unpaired) electrons. The summed E-state index contributed by atoms with van der Waals surface area (Å²) in [4.78, 5) is 0. The van der Waals surface area contributed by atoms with Crippen LogP contribution >= 0.6 is 27.5 Å². The van der Waals surface area contributed by atoms with Gasteiger partial charge in [-0.3, -0.25) is 0 Å². The monoisotopic (exact) mass is 354 g/mol. The molecule has 108 valence electrons. The molecule has 3 heteroatoms. The third-order valence-electron chi connectivity index (χ3n) is 3.68. The molecule has 0 aliphatic rings. The molecule has 1 unspecified atom stereocenters. The van der Waals surface area contributed by atoms with E-state index in [-0.39, 0.29) is 5.38 Å². The van der Waals surface area contributed by atoms with Gasteiger partial charge in [-0.25, -0.2) is 0 Å². The zero-order valence-electron chi connectivity index (χ0n) is 12.2. The van der Waals surface area contributed by atoms with E-state index in [1.807, 2.05) is 12.1 Å². The van der Waals surface area contributed by atoms with Crippen molar-refractivity contribution < 1.29 is 4.42 Å². The van der Waals surface area contributed by atoms with Gasteiger partial charge in [0.05, 0.1) is 0 Å². The van der Waals surface area contributed by atoms with E-state index >= 15 is 0 Å². The standard InChI is InChI=1S/C17H20BrClO/c1-4-11-9-12(5-2)16(13(6-3)10-11)17(19)14-7-8-15(18)20-14/h7-10,17H,4-6H2,1-3H3. The molecule has 0 spiro atoms. The molecule has 1 heterocycles. The molecule has 0 aliphatic carbocycles. The molecule has 2 aromatic rings. The van der Waals surface area contributed by atoms with Crippen LogP contribution < -0.4 is 0 Å². The Morgan fingerprint density at radius 1 is 1.05 bits per heavy atom. The Labute approximate surface area is 134 Å². The van der Waals surface area contributed by atoms with Crippen LogP contribution in [0.4, 0.5) is 0 Å². The van der Waals surface area contributed by atoms with E-state index in [0.717, 1.165) is 29.7 Å². The highest BCUT2D eigenvalue weighted by atomic mass is 79.9. The molecule has 20 heavy (non-hydrogen) atoms. The predicted octanol–water partition coefficient (Wildman–Crippen LogP) is 6.06. The fourth-order valence-corrected chi connectivity index (χ4v) is 3.29. The van der Waals surface area contributed by atoms with Crippen LogP contribution in [0.15, 0.2) is 33.4 Å². The Bertz CT molecular complexity index is 563. The smallest absolute Gasteiger partial charge is 0.169 e. The molecule has 1 aromatic carbocycles. The van der Waals surface area contributed by atoms with E-state index in [9.17, 15) is 0 Å². The molecule has 2 rings (SSSR count). The second kappa shape index (κ2) is 6.82. The van der Waals surface area contributed by atoms with Crippen LogP contribution in [0.1, 0.15) is 54.2 Å². The first-order valence-corrected chi connectivity index (χ1v) is 8.37. The molecule has 1 atom stereocenters. The van der Waals surface area contributed by atoms with E-state index in [0.29, 0.717) is 0 Å². The van der Waals surface area contributed by atoms with Gasteiger partial charge < -0.3 is 4.42 Å². The molecule has 1 aromatic heterocycles. The van der Waals surface area contributed by atoms with E-state index < -0.39 is 0 Å². The van der Waals surface area contributed by atoms with Crippen molar-refractivity contribution in [3.8, 4) is 0 Å². The number of furan rings is 1. The molecule has 0 aliphatic heterocycles. The van der Waals surface area contributed by atoms with Crippen molar-refractivity contribution in [2.24, 2.45) is 0 Å². The predicted molar refractivity (Wildman–Crippen MR) is 88.7 cm³/mol. The van der Waals surface area contributed by atoms with Gasteiger partial charge in [-0.05, 0) is 69.6 Å². The molecule has 0 N–H and O–H groups in total. The van der Waals surface area contributed by atoms with Gasteiger partial charge in [0.25, 0.3) is 0 Å². The highest BCUT2D eigenvalue weighted by molar-refractivity contribution is 9.10. The van der Waals surface area contributed by atoms with Crippen LogP contribution in [0.3, 0.4) is 0 Å². The quantitative estimate of drug-likeness (QED) is 0.594. The number of hydrogen-bond acceptors (Lipinski definition) is 1. The number of aryl methyl sites for hydroxylation is 3. The van der Waals surface area contributed by atoms with Crippen molar-refractivity contribution in [1.29, 1.82) is 0 Å². The summed E-state index contributed by atoms with van der Waals surface area (Å²) in [5.74, 6) is 0.798. The Morgan fingerprint density at radius 2 is 1.65 bits per heavy atom. The van der Waals surface area contributed by atoms with Gasteiger partial charge in [0.1, 0.15) is 11.1 Å². The van der Waals surface area contributed by atoms with Crippen LogP contribution in [-0.4, -0.2) is 0 Å². The minimum absolute atomic E-state index is 0.225. The maximum Gasteiger partial charge on any atom is 0.169 e. The van der Waals surface area contributed by atoms with Crippen molar-refractivity contribution in [3.05, 3.63) is 56.9 Å². The number of alkyl halides is 1. The van der Waals surface area contributed by atoms with Gasteiger partial charge in [0.2, 0.25) is 0 Å². The maximum atomic E-state index is 6.69. The van der Waals surface area contributed by atoms with Gasteiger partial charge >= 0.3 is 0 Å². The number of rotatable bonds is 5. The highest BCUT2D eigenvalue weighted by Gasteiger charge is 2.21. The van der Waals surface area contributed by atoms with Crippen molar-refractivity contribution in [2.75, 3.05) is 0 Å². The van der Waals surface area contributed by atoms with Gasteiger partial charge in [-0.2, -0.15) is 0 Å². The average molecular weight is 356 g/mol. The van der Waals surface area contributed by atoms with Crippen molar-refractivity contribution in [1.82, 2.24) is 0 Å². The zero-order chi connectivity index (χ0) is 14.7.